The molecule has 0 saturated heterocycles. The van der Waals surface area contributed by atoms with E-state index in [2.05, 4.69) is 26.3 Å². The second-order valence-electron chi connectivity index (χ2n) is 4.53. The molecule has 3 rings (SSSR count). The topological polar surface area (TPSA) is 46.9 Å². The molecule has 3 aromatic rings. The molecule has 6 heteroatoms. The van der Waals surface area contributed by atoms with Crippen molar-refractivity contribution >= 4 is 39.0 Å². The van der Waals surface area contributed by atoms with E-state index in [1.165, 1.54) is 11.3 Å². The Morgan fingerprint density at radius 3 is 2.90 bits per heavy atom. The van der Waals surface area contributed by atoms with Crippen molar-refractivity contribution < 1.29 is 4.79 Å². The van der Waals surface area contributed by atoms with E-state index < -0.39 is 0 Å². The number of carbonyl (C=O) groups is 1. The van der Waals surface area contributed by atoms with Crippen molar-refractivity contribution in [3.8, 4) is 5.69 Å². The third-order valence-corrected chi connectivity index (χ3v) is 4.09. The molecule has 2 heterocycles. The molecular weight excluding hydrogens is 350 g/mol. The molecule has 0 unspecified atom stereocenters. The number of halogens is 1. The van der Waals surface area contributed by atoms with Gasteiger partial charge < -0.3 is 5.32 Å². The van der Waals surface area contributed by atoms with Crippen LogP contribution in [0.3, 0.4) is 0 Å². The molecule has 0 aliphatic carbocycles. The first-order chi connectivity index (χ1) is 10.1. The Bertz CT molecular complexity index is 780. The lowest BCUT2D eigenvalue weighted by Gasteiger charge is -2.08. The molecule has 0 spiro atoms. The number of thiophene rings is 1. The third kappa shape index (κ3) is 3.06. The first-order valence-electron chi connectivity index (χ1n) is 6.29. The van der Waals surface area contributed by atoms with Gasteiger partial charge in [-0.1, -0.05) is 22.0 Å². The van der Waals surface area contributed by atoms with E-state index in [1.807, 2.05) is 48.0 Å². The van der Waals surface area contributed by atoms with Crippen molar-refractivity contribution in [3.05, 3.63) is 62.9 Å². The van der Waals surface area contributed by atoms with Gasteiger partial charge >= 0.3 is 0 Å². The van der Waals surface area contributed by atoms with Crippen LogP contribution in [0.5, 0.6) is 0 Å². The van der Waals surface area contributed by atoms with Crippen LogP contribution < -0.4 is 5.32 Å². The minimum Gasteiger partial charge on any atom is -0.306 e. The van der Waals surface area contributed by atoms with Crippen LogP contribution >= 0.6 is 27.3 Å². The van der Waals surface area contributed by atoms with Crippen LogP contribution in [0.25, 0.3) is 5.69 Å². The third-order valence-electron chi connectivity index (χ3n) is 2.91. The van der Waals surface area contributed by atoms with Gasteiger partial charge in [-0.3, -0.25) is 4.79 Å². The summed E-state index contributed by atoms with van der Waals surface area (Å²) in [6, 6.07) is 11.4. The molecule has 4 nitrogen and oxygen atoms in total. The maximum atomic E-state index is 12.2. The highest BCUT2D eigenvalue weighted by Gasteiger charge is 2.12. The largest absolute Gasteiger partial charge is 0.306 e. The van der Waals surface area contributed by atoms with Crippen LogP contribution in [0.2, 0.25) is 0 Å². The molecule has 2 aromatic heterocycles. The van der Waals surface area contributed by atoms with E-state index in [1.54, 1.807) is 10.7 Å². The first-order valence-corrected chi connectivity index (χ1v) is 8.03. The van der Waals surface area contributed by atoms with Crippen LogP contribution in [0.4, 0.5) is 5.82 Å². The molecule has 0 radical (unpaired) electrons. The zero-order valence-electron chi connectivity index (χ0n) is 11.2. The average Bonchev–Trinajstić information content (AvgIpc) is 3.08. The summed E-state index contributed by atoms with van der Waals surface area (Å²) in [6.07, 6.45) is 0. The summed E-state index contributed by atoms with van der Waals surface area (Å²) in [5.74, 6) is 0.522. The van der Waals surface area contributed by atoms with E-state index in [0.717, 1.165) is 15.9 Å². The number of nitrogens with one attached hydrogen (secondary N) is 1. The normalized spacial score (nSPS) is 10.6. The van der Waals surface area contributed by atoms with Crippen LogP contribution in [0, 0.1) is 6.92 Å². The molecule has 1 amide bonds. The summed E-state index contributed by atoms with van der Waals surface area (Å²) in [4.78, 5) is 12.2. The second-order valence-corrected chi connectivity index (χ2v) is 6.22. The van der Waals surface area contributed by atoms with E-state index in [0.29, 0.717) is 11.4 Å². The maximum Gasteiger partial charge on any atom is 0.257 e. The lowest BCUT2D eigenvalue weighted by atomic mass is 10.3. The first kappa shape index (κ1) is 14.0. The monoisotopic (exact) mass is 361 g/mol. The average molecular weight is 362 g/mol. The van der Waals surface area contributed by atoms with E-state index in [9.17, 15) is 4.79 Å². The highest BCUT2D eigenvalue weighted by atomic mass is 79.9. The lowest BCUT2D eigenvalue weighted by molar-refractivity contribution is 0.102. The number of hydrogen-bond donors (Lipinski definition) is 1. The van der Waals surface area contributed by atoms with Crippen molar-refractivity contribution in [2.75, 3.05) is 5.32 Å². The molecule has 0 atom stereocenters. The number of anilines is 1. The number of aryl methyl sites for hydroxylation is 1. The Morgan fingerprint density at radius 1 is 1.33 bits per heavy atom. The van der Waals surface area contributed by atoms with Crippen LogP contribution in [-0.2, 0) is 0 Å². The molecule has 1 N–H and O–H groups in total. The standard InChI is InChI=1S/C15H12BrN3OS/c1-10-7-14(17-15(20)11-5-6-21-9-11)19(18-10)13-4-2-3-12(16)8-13/h2-9H,1H3,(H,17,20). The van der Waals surface area contributed by atoms with E-state index >= 15 is 0 Å². The number of benzene rings is 1. The second kappa shape index (κ2) is 5.83. The fourth-order valence-corrected chi connectivity index (χ4v) is 3.00. The Balaban J connectivity index is 1.95. The quantitative estimate of drug-likeness (QED) is 0.757. The maximum absolute atomic E-state index is 12.2. The van der Waals surface area contributed by atoms with Gasteiger partial charge in [-0.2, -0.15) is 16.4 Å². The van der Waals surface area contributed by atoms with Crippen LogP contribution in [0.1, 0.15) is 16.1 Å². The summed E-state index contributed by atoms with van der Waals surface area (Å²) in [7, 11) is 0. The van der Waals surface area contributed by atoms with Gasteiger partial charge in [0.25, 0.3) is 5.91 Å². The van der Waals surface area contributed by atoms with Crippen LogP contribution in [-0.4, -0.2) is 15.7 Å². The number of rotatable bonds is 3. The van der Waals surface area contributed by atoms with Gasteiger partial charge in [0.15, 0.2) is 0 Å². The highest BCUT2D eigenvalue weighted by Crippen LogP contribution is 2.21. The zero-order valence-corrected chi connectivity index (χ0v) is 13.6. The fourth-order valence-electron chi connectivity index (χ4n) is 1.98. The van der Waals surface area contributed by atoms with E-state index in [-0.39, 0.29) is 5.91 Å². The number of aromatic nitrogens is 2. The number of amides is 1. The molecule has 0 aliphatic heterocycles. The highest BCUT2D eigenvalue weighted by molar-refractivity contribution is 9.10. The van der Waals surface area contributed by atoms with Crippen molar-refractivity contribution in [2.24, 2.45) is 0 Å². The van der Waals surface area contributed by atoms with Crippen molar-refractivity contribution in [1.82, 2.24) is 9.78 Å². The van der Waals surface area contributed by atoms with Crippen molar-refractivity contribution in [1.29, 1.82) is 0 Å². The number of carbonyl (C=O) groups excluding carboxylic acids is 1. The smallest absolute Gasteiger partial charge is 0.257 e. The summed E-state index contributed by atoms with van der Waals surface area (Å²) < 4.78 is 2.69. The van der Waals surface area contributed by atoms with Gasteiger partial charge in [0.1, 0.15) is 5.82 Å². The Morgan fingerprint density at radius 2 is 2.19 bits per heavy atom. The molecule has 106 valence electrons. The lowest BCUT2D eigenvalue weighted by Crippen LogP contribution is -2.14. The minimum atomic E-state index is -0.132. The Hall–Kier alpha value is -1.92. The Labute approximate surface area is 134 Å². The molecule has 21 heavy (non-hydrogen) atoms. The van der Waals surface area contributed by atoms with E-state index in [4.69, 9.17) is 0 Å². The minimum absolute atomic E-state index is 0.132. The van der Waals surface area contributed by atoms with Crippen LogP contribution in [0.15, 0.2) is 51.6 Å². The number of nitrogens with zero attached hydrogens (tertiary/aromatic N) is 2. The van der Waals surface area contributed by atoms with Gasteiger partial charge in [0.2, 0.25) is 0 Å². The van der Waals surface area contributed by atoms with Crippen molar-refractivity contribution in [2.45, 2.75) is 6.92 Å². The summed E-state index contributed by atoms with van der Waals surface area (Å²) >= 11 is 4.94. The predicted molar refractivity (Wildman–Crippen MR) is 88.3 cm³/mol. The molecule has 1 aromatic carbocycles. The SMILES string of the molecule is Cc1cc(NC(=O)c2ccsc2)n(-c2cccc(Br)c2)n1. The van der Waals surface area contributed by atoms with Gasteiger partial charge in [0, 0.05) is 15.9 Å². The van der Waals surface area contributed by atoms with Gasteiger partial charge in [-0.15, -0.1) is 0 Å². The number of hydrogen-bond acceptors (Lipinski definition) is 3. The molecule has 0 fully saturated rings. The van der Waals surface area contributed by atoms with Crippen molar-refractivity contribution in [3.63, 3.8) is 0 Å². The summed E-state index contributed by atoms with van der Waals surface area (Å²) in [6.45, 7) is 1.90. The van der Waals surface area contributed by atoms with Gasteiger partial charge in [-0.05, 0) is 36.6 Å². The zero-order chi connectivity index (χ0) is 14.8. The molecular formula is C15H12BrN3OS. The van der Waals surface area contributed by atoms with Gasteiger partial charge in [-0.25, -0.2) is 4.68 Å². The fraction of sp³-hybridized carbons (Fsp3) is 0.0667. The molecule has 0 saturated carbocycles. The van der Waals surface area contributed by atoms with Gasteiger partial charge in [0.05, 0.1) is 16.9 Å². The predicted octanol–water partition coefficient (Wildman–Crippen LogP) is 4.26. The summed E-state index contributed by atoms with van der Waals surface area (Å²) in [5, 5.41) is 11.0. The summed E-state index contributed by atoms with van der Waals surface area (Å²) in [5.41, 5.74) is 2.38. The molecule has 0 bridgehead atoms. The Kier molecular flexibility index (Phi) is 3.90. The molecule has 0 aliphatic rings.